The Labute approximate surface area is 150 Å². The molecule has 0 aliphatic rings. The Bertz CT molecular complexity index is 522. The first-order chi connectivity index (χ1) is 10.3. The standard InChI is InChI=1S/C20H35GeNO/c1-14(2)23-21-18-15(13-22(9)10)11-16(19(3,4)5)12-17(18)20(6,7)8/h11-12,14H,13H2,1-10H3. The summed E-state index contributed by atoms with van der Waals surface area (Å²) in [6.45, 7) is 19.1. The van der Waals surface area contributed by atoms with Crippen molar-refractivity contribution >= 4 is 20.2 Å². The third-order valence-electron chi connectivity index (χ3n) is 3.78. The molecule has 3 heteroatoms. The van der Waals surface area contributed by atoms with Crippen molar-refractivity contribution < 1.29 is 3.76 Å². The average molecular weight is 378 g/mol. The molecule has 0 aromatic heterocycles. The molecule has 0 saturated heterocycles. The van der Waals surface area contributed by atoms with Crippen LogP contribution in [0.1, 0.15) is 72.1 Å². The molecule has 0 N–H and O–H groups in total. The first-order valence-corrected chi connectivity index (χ1v) is 10.5. The van der Waals surface area contributed by atoms with Gasteiger partial charge in [0.25, 0.3) is 0 Å². The van der Waals surface area contributed by atoms with E-state index in [4.69, 9.17) is 3.76 Å². The zero-order valence-corrected chi connectivity index (χ0v) is 18.9. The maximum absolute atomic E-state index is 6.12. The Morgan fingerprint density at radius 1 is 1.00 bits per heavy atom. The molecule has 0 aliphatic heterocycles. The molecule has 0 atom stereocenters. The van der Waals surface area contributed by atoms with E-state index >= 15 is 0 Å². The summed E-state index contributed by atoms with van der Waals surface area (Å²) in [7, 11) is 4.29. The Morgan fingerprint density at radius 2 is 1.57 bits per heavy atom. The van der Waals surface area contributed by atoms with E-state index in [0.29, 0.717) is 6.10 Å². The summed E-state index contributed by atoms with van der Waals surface area (Å²) in [6.07, 6.45) is 0.303. The van der Waals surface area contributed by atoms with Gasteiger partial charge in [-0.3, -0.25) is 0 Å². The molecular weight excluding hydrogens is 343 g/mol. The van der Waals surface area contributed by atoms with Crippen LogP contribution in [0.4, 0.5) is 0 Å². The fourth-order valence-electron chi connectivity index (χ4n) is 2.49. The summed E-state index contributed by atoms with van der Waals surface area (Å²) in [5.41, 5.74) is 4.66. The van der Waals surface area contributed by atoms with Crippen LogP contribution < -0.4 is 4.40 Å². The number of benzene rings is 1. The van der Waals surface area contributed by atoms with Gasteiger partial charge in [0.2, 0.25) is 0 Å². The quantitative estimate of drug-likeness (QED) is 0.718. The van der Waals surface area contributed by atoms with Crippen molar-refractivity contribution in [1.29, 1.82) is 0 Å². The average Bonchev–Trinajstić information content (AvgIpc) is 2.33. The van der Waals surface area contributed by atoms with Crippen LogP contribution in [0.5, 0.6) is 0 Å². The van der Waals surface area contributed by atoms with Crippen LogP contribution in [-0.4, -0.2) is 40.9 Å². The fraction of sp³-hybridized carbons (Fsp3) is 0.700. The van der Waals surface area contributed by atoms with Gasteiger partial charge in [0.1, 0.15) is 0 Å². The molecule has 1 rings (SSSR count). The van der Waals surface area contributed by atoms with Gasteiger partial charge >= 0.3 is 151 Å². The molecule has 0 spiro atoms. The van der Waals surface area contributed by atoms with Gasteiger partial charge in [-0.15, -0.1) is 0 Å². The Kier molecular flexibility index (Phi) is 6.95. The maximum atomic E-state index is 6.12. The Balaban J connectivity index is 3.53. The van der Waals surface area contributed by atoms with Crippen molar-refractivity contribution in [2.24, 2.45) is 0 Å². The molecule has 1 aromatic rings. The van der Waals surface area contributed by atoms with Crippen molar-refractivity contribution in [3.05, 3.63) is 28.8 Å². The van der Waals surface area contributed by atoms with Crippen molar-refractivity contribution in [3.8, 4) is 0 Å². The van der Waals surface area contributed by atoms with E-state index in [1.54, 1.807) is 0 Å². The van der Waals surface area contributed by atoms with E-state index in [2.05, 4.69) is 86.5 Å². The predicted molar refractivity (Wildman–Crippen MR) is 103 cm³/mol. The molecule has 23 heavy (non-hydrogen) atoms. The zero-order valence-electron chi connectivity index (χ0n) is 16.8. The first kappa shape index (κ1) is 20.7. The summed E-state index contributed by atoms with van der Waals surface area (Å²) in [5, 5.41) is 0. The van der Waals surface area contributed by atoms with Gasteiger partial charge in [-0.2, -0.15) is 0 Å². The number of nitrogens with zero attached hydrogens (tertiary/aromatic N) is 1. The van der Waals surface area contributed by atoms with Gasteiger partial charge < -0.3 is 0 Å². The van der Waals surface area contributed by atoms with Gasteiger partial charge in [0.15, 0.2) is 0 Å². The Morgan fingerprint density at radius 3 is 1.96 bits per heavy atom. The summed E-state index contributed by atoms with van der Waals surface area (Å²) in [6, 6.07) is 4.85. The summed E-state index contributed by atoms with van der Waals surface area (Å²) >= 11 is -0.584. The second-order valence-corrected chi connectivity index (χ2v) is 11.0. The van der Waals surface area contributed by atoms with E-state index in [-0.39, 0.29) is 10.8 Å². The molecule has 2 radical (unpaired) electrons. The van der Waals surface area contributed by atoms with Gasteiger partial charge in [0.05, 0.1) is 0 Å². The van der Waals surface area contributed by atoms with Crippen molar-refractivity contribution in [2.45, 2.75) is 78.9 Å². The monoisotopic (exact) mass is 379 g/mol. The molecule has 2 nitrogen and oxygen atoms in total. The SMILES string of the molecule is CC(C)[O][Ge][c]1c(CN(C)C)cc(C(C)(C)C)cc1C(C)(C)C. The fourth-order valence-corrected chi connectivity index (χ4v) is 4.99. The molecule has 0 bridgehead atoms. The van der Waals surface area contributed by atoms with Crippen LogP contribution in [0.3, 0.4) is 0 Å². The van der Waals surface area contributed by atoms with Crippen LogP contribution in [0.25, 0.3) is 0 Å². The minimum absolute atomic E-state index is 0.140. The van der Waals surface area contributed by atoms with E-state index in [1.807, 2.05) is 0 Å². The second-order valence-electron chi connectivity index (χ2n) is 9.06. The molecular formula is C20H35GeNO. The van der Waals surface area contributed by atoms with Crippen molar-refractivity contribution in [1.82, 2.24) is 4.90 Å². The van der Waals surface area contributed by atoms with Gasteiger partial charge in [-0.05, 0) is 0 Å². The predicted octanol–water partition coefficient (Wildman–Crippen LogP) is 4.01. The molecule has 0 amide bonds. The van der Waals surface area contributed by atoms with E-state index in [1.165, 1.54) is 21.1 Å². The molecule has 0 unspecified atom stereocenters. The van der Waals surface area contributed by atoms with Gasteiger partial charge in [0, 0.05) is 0 Å². The van der Waals surface area contributed by atoms with Crippen LogP contribution in [0.2, 0.25) is 0 Å². The minimum atomic E-state index is -0.584. The molecule has 130 valence electrons. The van der Waals surface area contributed by atoms with Gasteiger partial charge in [-0.25, -0.2) is 0 Å². The summed E-state index contributed by atoms with van der Waals surface area (Å²) < 4.78 is 7.61. The van der Waals surface area contributed by atoms with Crippen molar-refractivity contribution in [3.63, 3.8) is 0 Å². The third kappa shape index (κ3) is 6.24. The van der Waals surface area contributed by atoms with E-state index < -0.39 is 15.8 Å². The second kappa shape index (κ2) is 7.71. The van der Waals surface area contributed by atoms with Gasteiger partial charge in [-0.1, -0.05) is 0 Å². The molecule has 1 aromatic carbocycles. The number of hydrogen-bond donors (Lipinski definition) is 0. The summed E-state index contributed by atoms with van der Waals surface area (Å²) in [5.74, 6) is 0. The third-order valence-corrected chi connectivity index (χ3v) is 6.68. The van der Waals surface area contributed by atoms with Crippen LogP contribution >= 0.6 is 0 Å². The summed E-state index contributed by atoms with van der Waals surface area (Å²) in [4.78, 5) is 2.26. The topological polar surface area (TPSA) is 12.5 Å². The molecule has 0 fully saturated rings. The first-order valence-electron chi connectivity index (χ1n) is 8.56. The number of hydrogen-bond acceptors (Lipinski definition) is 2. The zero-order chi connectivity index (χ0) is 18.0. The van der Waals surface area contributed by atoms with E-state index in [0.717, 1.165) is 6.54 Å². The van der Waals surface area contributed by atoms with Crippen LogP contribution in [-0.2, 0) is 21.1 Å². The molecule has 0 saturated carbocycles. The Hall–Kier alpha value is -0.317. The van der Waals surface area contributed by atoms with E-state index in [9.17, 15) is 0 Å². The van der Waals surface area contributed by atoms with Crippen molar-refractivity contribution in [2.75, 3.05) is 14.1 Å². The molecule has 0 aliphatic carbocycles. The van der Waals surface area contributed by atoms with Crippen LogP contribution in [0.15, 0.2) is 12.1 Å². The molecule has 0 heterocycles. The normalized spacial score (nSPS) is 13.2. The van der Waals surface area contributed by atoms with Crippen LogP contribution in [0, 0.1) is 0 Å². The number of rotatable bonds is 5.